The highest BCUT2D eigenvalue weighted by Gasteiger charge is 2.60. The molecule has 2 aliphatic rings. The predicted octanol–water partition coefficient (Wildman–Crippen LogP) is 5.35. The molecule has 0 radical (unpaired) electrons. The number of ether oxygens (including phenoxy) is 2. The monoisotopic (exact) mass is 587 g/mol. The van der Waals surface area contributed by atoms with Gasteiger partial charge < -0.3 is 19.9 Å². The van der Waals surface area contributed by atoms with E-state index in [1.807, 2.05) is 0 Å². The molecule has 2 aliphatic heterocycles. The summed E-state index contributed by atoms with van der Waals surface area (Å²) in [4.78, 5) is 13.4. The van der Waals surface area contributed by atoms with Crippen LogP contribution in [0.3, 0.4) is 0 Å². The summed E-state index contributed by atoms with van der Waals surface area (Å²) in [5.74, 6) is -0.473. The number of benzene rings is 2. The SMILES string of the molecule is COc1ccc(C2=C(N3N=NNC3O)C(=O)N[C@@](c3ccc(OCCCCCC(F)(F)F)cc3)(C(F)(F)F)C2)cc1. The van der Waals surface area contributed by atoms with Crippen LogP contribution in [0.25, 0.3) is 5.57 Å². The van der Waals surface area contributed by atoms with Crippen molar-refractivity contribution in [1.29, 1.82) is 0 Å². The van der Waals surface area contributed by atoms with Gasteiger partial charge in [-0.1, -0.05) is 29.5 Å². The number of hydrogen-bond donors (Lipinski definition) is 3. The number of nitrogens with one attached hydrogen (secondary N) is 2. The molecule has 0 aliphatic carbocycles. The van der Waals surface area contributed by atoms with Crippen molar-refractivity contribution in [3.63, 3.8) is 0 Å². The molecular weight excluding hydrogens is 560 g/mol. The Morgan fingerprint density at radius 2 is 1.66 bits per heavy atom. The second-order valence-corrected chi connectivity index (χ2v) is 9.43. The maximum Gasteiger partial charge on any atom is 0.416 e. The fourth-order valence-electron chi connectivity index (χ4n) is 4.59. The van der Waals surface area contributed by atoms with Crippen LogP contribution >= 0.6 is 0 Å². The first-order valence-corrected chi connectivity index (χ1v) is 12.5. The zero-order chi connectivity index (χ0) is 29.8. The topological polar surface area (TPSA) is 108 Å². The second-order valence-electron chi connectivity index (χ2n) is 9.43. The Morgan fingerprint density at radius 3 is 2.22 bits per heavy atom. The Balaban J connectivity index is 1.62. The third-order valence-corrected chi connectivity index (χ3v) is 6.69. The highest BCUT2D eigenvalue weighted by atomic mass is 19.4. The van der Waals surface area contributed by atoms with Crippen molar-refractivity contribution in [3.05, 3.63) is 65.4 Å². The average Bonchev–Trinajstić information content (AvgIpc) is 3.34. The maximum absolute atomic E-state index is 14.9. The van der Waals surface area contributed by atoms with Crippen molar-refractivity contribution in [1.82, 2.24) is 15.8 Å². The van der Waals surface area contributed by atoms with Gasteiger partial charge in [0.1, 0.15) is 17.2 Å². The van der Waals surface area contributed by atoms with E-state index >= 15 is 0 Å². The first-order valence-electron chi connectivity index (χ1n) is 12.5. The average molecular weight is 588 g/mol. The fourth-order valence-corrected chi connectivity index (χ4v) is 4.59. The summed E-state index contributed by atoms with van der Waals surface area (Å²) in [6.45, 7) is 0.0901. The molecule has 2 heterocycles. The fraction of sp³-hybridized carbons (Fsp3) is 0.423. The molecule has 1 amide bonds. The zero-order valence-electron chi connectivity index (χ0n) is 21.7. The summed E-state index contributed by atoms with van der Waals surface area (Å²) in [7, 11) is 1.43. The minimum Gasteiger partial charge on any atom is -0.497 e. The van der Waals surface area contributed by atoms with Crippen molar-refractivity contribution in [2.45, 2.75) is 56.3 Å². The maximum atomic E-state index is 14.9. The third-order valence-electron chi connectivity index (χ3n) is 6.69. The number of nitrogens with zero attached hydrogens (tertiary/aromatic N) is 3. The van der Waals surface area contributed by atoms with Crippen LogP contribution in [0.15, 0.2) is 64.7 Å². The number of alkyl halides is 6. The summed E-state index contributed by atoms with van der Waals surface area (Å²) >= 11 is 0. The zero-order valence-corrected chi connectivity index (χ0v) is 21.7. The number of amides is 1. The van der Waals surface area contributed by atoms with Crippen LogP contribution in [0.4, 0.5) is 26.3 Å². The van der Waals surface area contributed by atoms with Gasteiger partial charge in [-0.05, 0) is 65.5 Å². The van der Waals surface area contributed by atoms with Gasteiger partial charge in [-0.2, -0.15) is 31.4 Å². The lowest BCUT2D eigenvalue weighted by atomic mass is 9.77. The summed E-state index contributed by atoms with van der Waals surface area (Å²) in [6, 6.07) is 11.0. The van der Waals surface area contributed by atoms with E-state index in [1.165, 1.54) is 55.6 Å². The van der Waals surface area contributed by atoms with Crippen LogP contribution in [-0.4, -0.2) is 48.4 Å². The van der Waals surface area contributed by atoms with E-state index in [0.29, 0.717) is 12.2 Å². The number of methoxy groups -OCH3 is 1. The molecule has 1 unspecified atom stereocenters. The van der Waals surface area contributed by atoms with Crippen molar-refractivity contribution in [3.8, 4) is 11.5 Å². The van der Waals surface area contributed by atoms with E-state index in [4.69, 9.17) is 9.47 Å². The van der Waals surface area contributed by atoms with Gasteiger partial charge in [-0.25, -0.2) is 5.43 Å². The number of unbranched alkanes of at least 4 members (excludes halogenated alkanes) is 2. The number of halogens is 6. The highest BCUT2D eigenvalue weighted by Crippen LogP contribution is 2.49. The minimum atomic E-state index is -4.96. The lowest BCUT2D eigenvalue weighted by Gasteiger charge is -2.42. The molecule has 0 bridgehead atoms. The molecule has 41 heavy (non-hydrogen) atoms. The van der Waals surface area contributed by atoms with Gasteiger partial charge in [0, 0.05) is 12.8 Å². The Kier molecular flexibility index (Phi) is 8.66. The molecule has 4 rings (SSSR count). The minimum absolute atomic E-state index is 0.0441. The number of hydrogen-bond acceptors (Lipinski definition) is 8. The second kappa shape index (κ2) is 11.8. The number of aliphatic hydroxyl groups excluding tert-OH is 1. The predicted molar refractivity (Wildman–Crippen MR) is 133 cm³/mol. The Bertz CT molecular complexity index is 1280. The largest absolute Gasteiger partial charge is 0.497 e. The summed E-state index contributed by atoms with van der Waals surface area (Å²) < 4.78 is 92.0. The molecular formula is C26H27F6N5O4. The van der Waals surface area contributed by atoms with Gasteiger partial charge in [-0.15, -0.1) is 0 Å². The normalized spacial score (nSPS) is 21.1. The van der Waals surface area contributed by atoms with Gasteiger partial charge in [-0.3, -0.25) is 4.79 Å². The van der Waals surface area contributed by atoms with Crippen LogP contribution in [0.5, 0.6) is 11.5 Å². The van der Waals surface area contributed by atoms with E-state index < -0.39 is 43.0 Å². The quantitative estimate of drug-likeness (QED) is 0.256. The summed E-state index contributed by atoms with van der Waals surface area (Å²) in [6.07, 6.45) is -11.8. The van der Waals surface area contributed by atoms with Crippen molar-refractivity contribution in [2.75, 3.05) is 13.7 Å². The van der Waals surface area contributed by atoms with E-state index in [-0.39, 0.29) is 47.6 Å². The first kappa shape index (κ1) is 30.0. The standard InChI is InChI=1S/C26H27F6N5O4/c1-40-18-9-5-16(6-10-18)20-15-24(26(30,31)32,33-22(38)21(20)37-23(39)34-35-36-37)17-7-11-19(12-8-17)41-14-4-2-3-13-25(27,28)29/h5-12,23,39H,2-4,13-15H2,1H3,(H,33,38)(H,34,36)/t23?,24-/m0/s1. The van der Waals surface area contributed by atoms with Crippen LogP contribution in [0, 0.1) is 0 Å². The van der Waals surface area contributed by atoms with Gasteiger partial charge >= 0.3 is 12.4 Å². The van der Waals surface area contributed by atoms with Gasteiger partial charge in [0.05, 0.1) is 13.7 Å². The molecule has 0 fully saturated rings. The lowest BCUT2D eigenvalue weighted by Crippen LogP contribution is -2.60. The number of rotatable bonds is 10. The molecule has 2 aromatic rings. The molecule has 3 N–H and O–H groups in total. The van der Waals surface area contributed by atoms with Crippen LogP contribution < -0.4 is 20.2 Å². The van der Waals surface area contributed by atoms with Crippen LogP contribution in [-0.2, 0) is 10.3 Å². The highest BCUT2D eigenvalue weighted by molar-refractivity contribution is 6.03. The van der Waals surface area contributed by atoms with Gasteiger partial charge in [0.2, 0.25) is 6.35 Å². The first-order chi connectivity index (χ1) is 19.3. The lowest BCUT2D eigenvalue weighted by molar-refractivity contribution is -0.202. The molecule has 0 saturated carbocycles. The molecule has 2 aromatic carbocycles. The van der Waals surface area contributed by atoms with Crippen molar-refractivity contribution >= 4 is 11.5 Å². The van der Waals surface area contributed by atoms with Crippen LogP contribution in [0.2, 0.25) is 0 Å². The Labute approximate surface area is 230 Å². The number of carbonyl (C=O) groups excluding carboxylic acids is 1. The molecule has 9 nitrogen and oxygen atoms in total. The molecule has 222 valence electrons. The van der Waals surface area contributed by atoms with E-state index in [2.05, 4.69) is 21.2 Å². The van der Waals surface area contributed by atoms with E-state index in [9.17, 15) is 36.2 Å². The Hall–Kier alpha value is -4.01. The number of carbonyl (C=O) groups is 1. The Morgan fingerprint density at radius 1 is 1.00 bits per heavy atom. The molecule has 0 saturated heterocycles. The molecule has 0 spiro atoms. The summed E-state index contributed by atoms with van der Waals surface area (Å²) in [5, 5.41) is 20.2. The van der Waals surface area contributed by atoms with E-state index in [1.54, 1.807) is 0 Å². The molecule has 15 heteroatoms. The van der Waals surface area contributed by atoms with E-state index in [0.717, 1.165) is 5.01 Å². The van der Waals surface area contributed by atoms with Crippen LogP contribution in [0.1, 0.15) is 43.2 Å². The smallest absolute Gasteiger partial charge is 0.416 e. The van der Waals surface area contributed by atoms with Gasteiger partial charge in [0.15, 0.2) is 5.54 Å². The van der Waals surface area contributed by atoms with Crippen molar-refractivity contribution < 1.29 is 45.7 Å². The molecule has 0 aromatic heterocycles. The molecule has 2 atom stereocenters. The third kappa shape index (κ3) is 6.66. The van der Waals surface area contributed by atoms with Gasteiger partial charge in [0.25, 0.3) is 5.91 Å². The summed E-state index contributed by atoms with van der Waals surface area (Å²) in [5.41, 5.74) is -1.00. The number of aliphatic hydroxyl groups is 1. The van der Waals surface area contributed by atoms with Crippen molar-refractivity contribution in [2.24, 2.45) is 10.4 Å².